The van der Waals surface area contributed by atoms with Crippen molar-refractivity contribution in [3.63, 3.8) is 0 Å². The summed E-state index contributed by atoms with van der Waals surface area (Å²) in [4.78, 5) is 10.0. The van der Waals surface area contributed by atoms with E-state index in [1.165, 1.54) is 0 Å². The van der Waals surface area contributed by atoms with Crippen molar-refractivity contribution >= 4 is 13.4 Å². The number of hydrogen-bond acceptors (Lipinski definition) is 3. The summed E-state index contributed by atoms with van der Waals surface area (Å²) < 4.78 is 0. The molecule has 0 bridgehead atoms. The fraction of sp³-hybridized carbons (Fsp3) is 0.500. The molecule has 3 heteroatoms. The number of hydrogen-bond donors (Lipinski definition) is 0. The van der Waals surface area contributed by atoms with Gasteiger partial charge in [0, 0.05) is 19.5 Å². The highest BCUT2D eigenvalue weighted by molar-refractivity contribution is 5.36. The summed E-state index contributed by atoms with van der Waals surface area (Å²) in [7, 11) is 2.06. The molecule has 0 fully saturated rings. The third-order valence-electron chi connectivity index (χ3n) is 1.86. The third kappa shape index (κ3) is 1.74. The molecule has 0 N–H and O–H groups in total. The Morgan fingerprint density at radius 2 is 1.91 bits per heavy atom. The summed E-state index contributed by atoms with van der Waals surface area (Å²) in [6.45, 7) is 8.87. The molecule has 0 aromatic heterocycles. The summed E-state index contributed by atoms with van der Waals surface area (Å²) in [5.41, 5.74) is 1.96. The Labute approximate surface area is 67.1 Å². The van der Waals surface area contributed by atoms with Gasteiger partial charge in [-0.3, -0.25) is 9.98 Å². The van der Waals surface area contributed by atoms with Crippen LogP contribution < -0.4 is 0 Å². The van der Waals surface area contributed by atoms with Crippen LogP contribution in [0.5, 0.6) is 0 Å². The first-order valence-corrected chi connectivity index (χ1v) is 3.62. The van der Waals surface area contributed by atoms with Gasteiger partial charge in [-0.25, -0.2) is 0 Å². The Hall–Kier alpha value is -0.960. The van der Waals surface area contributed by atoms with E-state index in [0.717, 1.165) is 30.9 Å². The van der Waals surface area contributed by atoms with Gasteiger partial charge in [0.2, 0.25) is 0 Å². The maximum atomic E-state index is 3.90. The Kier molecular flexibility index (Phi) is 2.54. The summed E-state index contributed by atoms with van der Waals surface area (Å²) in [6, 6.07) is 0. The van der Waals surface area contributed by atoms with Gasteiger partial charge in [-0.15, -0.1) is 0 Å². The van der Waals surface area contributed by atoms with Crippen LogP contribution in [0, 0.1) is 0 Å². The summed E-state index contributed by atoms with van der Waals surface area (Å²) in [5, 5.41) is 0. The average Bonchev–Trinajstić information content (AvgIpc) is 2.04. The predicted octanol–water partition coefficient (Wildman–Crippen LogP) is 0.935. The monoisotopic (exact) mass is 151 g/mol. The van der Waals surface area contributed by atoms with Gasteiger partial charge in [-0.2, -0.15) is 0 Å². The Balaban J connectivity index is 2.82. The minimum Gasteiger partial charge on any atom is -0.300 e. The molecule has 0 saturated carbocycles. The first kappa shape index (κ1) is 8.14. The van der Waals surface area contributed by atoms with Crippen LogP contribution in [0.4, 0.5) is 0 Å². The second kappa shape index (κ2) is 3.44. The first-order valence-electron chi connectivity index (χ1n) is 3.62. The number of rotatable bonds is 2. The lowest BCUT2D eigenvalue weighted by atomic mass is 10.2. The first-order chi connectivity index (χ1) is 5.27. The van der Waals surface area contributed by atoms with E-state index >= 15 is 0 Å². The standard InChI is InChI=1S/C8H13N3/c1-9-7-4-5-11(3)6-8(7)10-2/h1-2,4-6H2,3H3. The zero-order chi connectivity index (χ0) is 8.27. The van der Waals surface area contributed by atoms with E-state index in [0.29, 0.717) is 0 Å². The van der Waals surface area contributed by atoms with Crippen molar-refractivity contribution in [3.05, 3.63) is 11.4 Å². The normalized spacial score (nSPS) is 20.1. The number of nitrogens with zero attached hydrogens (tertiary/aromatic N) is 3. The maximum absolute atomic E-state index is 3.90. The van der Waals surface area contributed by atoms with Crippen LogP contribution in [-0.4, -0.2) is 38.5 Å². The van der Waals surface area contributed by atoms with Crippen LogP contribution in [0.15, 0.2) is 21.4 Å². The van der Waals surface area contributed by atoms with Crippen molar-refractivity contribution in [2.75, 3.05) is 20.1 Å². The molecule has 0 spiro atoms. The van der Waals surface area contributed by atoms with E-state index in [4.69, 9.17) is 0 Å². The second-order valence-electron chi connectivity index (χ2n) is 2.70. The van der Waals surface area contributed by atoms with Crippen LogP contribution >= 0.6 is 0 Å². The molecule has 0 aromatic rings. The van der Waals surface area contributed by atoms with E-state index in [1.807, 2.05) is 0 Å². The molecular weight excluding hydrogens is 138 g/mol. The summed E-state index contributed by atoms with van der Waals surface area (Å²) >= 11 is 0. The molecule has 1 rings (SSSR count). The molecule has 0 aliphatic carbocycles. The van der Waals surface area contributed by atoms with E-state index < -0.39 is 0 Å². The molecular formula is C8H13N3. The average molecular weight is 151 g/mol. The second-order valence-corrected chi connectivity index (χ2v) is 2.70. The largest absolute Gasteiger partial charge is 0.300 e. The maximum Gasteiger partial charge on any atom is 0.0751 e. The van der Waals surface area contributed by atoms with Crippen LogP contribution in [0.25, 0.3) is 0 Å². The fourth-order valence-electron chi connectivity index (χ4n) is 1.18. The highest BCUT2D eigenvalue weighted by Gasteiger charge is 2.13. The van der Waals surface area contributed by atoms with Gasteiger partial charge in [0.25, 0.3) is 0 Å². The number of likely N-dealkylation sites (N-methyl/N-ethyl adjacent to an activating group) is 1. The van der Waals surface area contributed by atoms with Gasteiger partial charge in [0.15, 0.2) is 0 Å². The van der Waals surface area contributed by atoms with Crippen molar-refractivity contribution in [3.8, 4) is 0 Å². The molecule has 0 aromatic carbocycles. The van der Waals surface area contributed by atoms with Gasteiger partial charge in [-0.1, -0.05) is 0 Å². The molecule has 3 nitrogen and oxygen atoms in total. The predicted molar refractivity (Wildman–Crippen MR) is 48.2 cm³/mol. The zero-order valence-corrected chi connectivity index (χ0v) is 6.88. The molecule has 0 atom stereocenters. The summed E-state index contributed by atoms with van der Waals surface area (Å²) in [6.07, 6.45) is 0.939. The van der Waals surface area contributed by atoms with Crippen LogP contribution in [0.1, 0.15) is 6.42 Å². The molecule has 0 unspecified atom stereocenters. The highest BCUT2D eigenvalue weighted by atomic mass is 15.1. The van der Waals surface area contributed by atoms with Gasteiger partial charge in [0.1, 0.15) is 0 Å². The molecule has 11 heavy (non-hydrogen) atoms. The fourth-order valence-corrected chi connectivity index (χ4v) is 1.18. The molecule has 1 heterocycles. The zero-order valence-electron chi connectivity index (χ0n) is 6.88. The van der Waals surface area contributed by atoms with Crippen molar-refractivity contribution in [2.45, 2.75) is 6.42 Å². The van der Waals surface area contributed by atoms with Crippen molar-refractivity contribution < 1.29 is 0 Å². The Morgan fingerprint density at radius 1 is 1.27 bits per heavy atom. The molecule has 1 aliphatic heterocycles. The van der Waals surface area contributed by atoms with Crippen LogP contribution in [0.3, 0.4) is 0 Å². The highest BCUT2D eigenvalue weighted by Crippen LogP contribution is 2.17. The van der Waals surface area contributed by atoms with E-state index in [2.05, 4.69) is 35.4 Å². The van der Waals surface area contributed by atoms with Crippen LogP contribution in [0.2, 0.25) is 0 Å². The van der Waals surface area contributed by atoms with Gasteiger partial charge >= 0.3 is 0 Å². The topological polar surface area (TPSA) is 28.0 Å². The lowest BCUT2D eigenvalue weighted by Crippen LogP contribution is -2.26. The van der Waals surface area contributed by atoms with Gasteiger partial charge in [-0.05, 0) is 20.5 Å². The van der Waals surface area contributed by atoms with E-state index in [-0.39, 0.29) is 0 Å². The van der Waals surface area contributed by atoms with E-state index in [1.54, 1.807) is 0 Å². The molecule has 0 radical (unpaired) electrons. The Bertz CT molecular complexity index is 205. The minimum atomic E-state index is 0.845. The quantitative estimate of drug-likeness (QED) is 0.540. The smallest absolute Gasteiger partial charge is 0.0751 e. The lowest BCUT2D eigenvalue weighted by molar-refractivity contribution is 0.346. The molecule has 0 saturated heterocycles. The number of aliphatic imine (C=N–C) groups is 2. The SMILES string of the molecule is C=NC1=C(N=C)CN(C)CC1. The molecule has 0 amide bonds. The third-order valence-corrected chi connectivity index (χ3v) is 1.86. The minimum absolute atomic E-state index is 0.845. The van der Waals surface area contributed by atoms with E-state index in [9.17, 15) is 0 Å². The van der Waals surface area contributed by atoms with Gasteiger partial charge < -0.3 is 4.90 Å². The van der Waals surface area contributed by atoms with Crippen LogP contribution in [-0.2, 0) is 0 Å². The van der Waals surface area contributed by atoms with Crippen molar-refractivity contribution in [1.82, 2.24) is 4.90 Å². The molecule has 1 aliphatic rings. The summed E-state index contributed by atoms with van der Waals surface area (Å²) in [5.74, 6) is 0. The van der Waals surface area contributed by atoms with Crippen molar-refractivity contribution in [2.24, 2.45) is 9.98 Å². The lowest BCUT2D eigenvalue weighted by Gasteiger charge is -2.22. The Morgan fingerprint density at radius 3 is 2.45 bits per heavy atom. The van der Waals surface area contributed by atoms with Crippen molar-refractivity contribution in [1.29, 1.82) is 0 Å². The van der Waals surface area contributed by atoms with Gasteiger partial charge in [0.05, 0.1) is 11.4 Å². The molecule has 60 valence electrons.